The van der Waals surface area contributed by atoms with Gasteiger partial charge in [0.2, 0.25) is 0 Å². The van der Waals surface area contributed by atoms with Gasteiger partial charge in [-0.05, 0) is 26.4 Å². The van der Waals surface area contributed by atoms with Crippen LogP contribution in [0.3, 0.4) is 0 Å². The second-order valence-corrected chi connectivity index (χ2v) is 3.62. The quantitative estimate of drug-likeness (QED) is 0.340. The molecule has 12 heavy (non-hydrogen) atoms. The largest absolute Gasteiger partial charge is 0.331 e. The Balaban J connectivity index is 2.90. The van der Waals surface area contributed by atoms with Crippen molar-refractivity contribution in [1.82, 2.24) is 9.32 Å². The summed E-state index contributed by atoms with van der Waals surface area (Å²) in [7, 11) is 6.78. The molecule has 0 aliphatic heterocycles. The molecule has 0 aliphatic carbocycles. The van der Waals surface area contributed by atoms with E-state index in [0.29, 0.717) is 0 Å². The molecule has 1 unspecified atom stereocenters. The topological polar surface area (TPSA) is 17.8 Å². The van der Waals surface area contributed by atoms with Gasteiger partial charge in [0.1, 0.15) is 7.85 Å². The van der Waals surface area contributed by atoms with Gasteiger partial charge in [0.05, 0.1) is 11.7 Å². The van der Waals surface area contributed by atoms with E-state index in [1.807, 2.05) is 18.4 Å². The molecule has 0 saturated heterocycles. The number of pyridine rings is 1. The van der Waals surface area contributed by atoms with Gasteiger partial charge in [-0.15, -0.1) is 0 Å². The fourth-order valence-electron chi connectivity index (χ4n) is 1.42. The highest BCUT2D eigenvalue weighted by Crippen LogP contribution is 2.11. The fourth-order valence-corrected chi connectivity index (χ4v) is 1.85. The minimum atomic E-state index is 1.07. The molecule has 0 N–H and O–H groups in total. The van der Waals surface area contributed by atoms with Crippen LogP contribution in [0.1, 0.15) is 0 Å². The molecular weight excluding hydrogens is 165 g/mol. The molecule has 2 rings (SSSR count). The van der Waals surface area contributed by atoms with Crippen molar-refractivity contribution in [2.45, 2.75) is 0 Å². The number of hydrogen-bond donors (Lipinski definition) is 0. The van der Waals surface area contributed by atoms with E-state index in [2.05, 4.69) is 34.5 Å². The molecule has 0 aromatic carbocycles. The average Bonchev–Trinajstić information content (AvgIpc) is 2.28. The molecule has 0 bridgehead atoms. The lowest BCUT2D eigenvalue weighted by Crippen LogP contribution is -2.08. The van der Waals surface area contributed by atoms with Gasteiger partial charge in [0.15, 0.2) is 7.85 Å². The third-order valence-corrected chi connectivity index (χ3v) is 2.48. The zero-order valence-corrected chi connectivity index (χ0v) is 8.36. The summed E-state index contributed by atoms with van der Waals surface area (Å²) >= 11 is 0. The average molecular weight is 174 g/mol. The summed E-state index contributed by atoms with van der Waals surface area (Å²) in [5, 5.41) is 1.29. The lowest BCUT2D eigenvalue weighted by Gasteiger charge is -1.95. The van der Waals surface area contributed by atoms with Gasteiger partial charge in [-0.2, -0.15) is 0 Å². The molecule has 2 nitrogen and oxygen atoms in total. The van der Waals surface area contributed by atoms with Crippen molar-refractivity contribution in [1.29, 1.82) is 0 Å². The third kappa shape index (κ3) is 1.07. The predicted molar refractivity (Wildman–Crippen MR) is 61.2 cm³/mol. The standard InChI is InChI=1S/C7H9B2N2P/c8-5-3-11(12)6-2-10-7(9)1-4(5)6/h1-3H,8-9,12H2. The first-order valence-corrected chi connectivity index (χ1v) is 4.39. The Labute approximate surface area is 75.4 Å². The molecule has 0 radical (unpaired) electrons. The van der Waals surface area contributed by atoms with Crippen molar-refractivity contribution in [2.75, 3.05) is 0 Å². The van der Waals surface area contributed by atoms with Crippen molar-refractivity contribution in [3.63, 3.8) is 0 Å². The number of fused-ring (bicyclic) bond motifs is 1. The summed E-state index contributed by atoms with van der Waals surface area (Å²) in [6.07, 6.45) is 4.00. The fraction of sp³-hybridized carbons (Fsp3) is 0. The molecule has 0 amide bonds. The van der Waals surface area contributed by atoms with Gasteiger partial charge >= 0.3 is 0 Å². The van der Waals surface area contributed by atoms with Gasteiger partial charge < -0.3 is 4.34 Å². The van der Waals surface area contributed by atoms with Crippen molar-refractivity contribution in [3.05, 3.63) is 18.5 Å². The molecule has 2 heterocycles. The second kappa shape index (κ2) is 2.63. The van der Waals surface area contributed by atoms with Crippen LogP contribution in [0.25, 0.3) is 10.9 Å². The molecule has 0 saturated carbocycles. The van der Waals surface area contributed by atoms with Crippen LogP contribution in [0, 0.1) is 0 Å². The zero-order valence-electron chi connectivity index (χ0n) is 7.20. The molecule has 0 spiro atoms. The zero-order chi connectivity index (χ0) is 8.72. The lowest BCUT2D eigenvalue weighted by molar-refractivity contribution is 1.32. The van der Waals surface area contributed by atoms with E-state index in [4.69, 9.17) is 0 Å². The van der Waals surface area contributed by atoms with Gasteiger partial charge in [-0.3, -0.25) is 4.98 Å². The van der Waals surface area contributed by atoms with Crippen molar-refractivity contribution < 1.29 is 0 Å². The van der Waals surface area contributed by atoms with Crippen LogP contribution < -0.4 is 11.1 Å². The number of aromatic nitrogens is 2. The maximum absolute atomic E-state index is 4.25. The molecule has 2 aromatic rings. The third-order valence-electron chi connectivity index (χ3n) is 2.06. The van der Waals surface area contributed by atoms with Crippen LogP contribution in [0.2, 0.25) is 0 Å². The summed E-state index contributed by atoms with van der Waals surface area (Å²) in [6, 6.07) is 2.12. The van der Waals surface area contributed by atoms with Crippen LogP contribution in [-0.4, -0.2) is 25.0 Å². The smallest absolute Gasteiger partial charge is 0.163 e. The van der Waals surface area contributed by atoms with Gasteiger partial charge in [0.25, 0.3) is 0 Å². The SMILES string of the molecule is Bc1cc2c(B)cn(P)c2cn1. The van der Waals surface area contributed by atoms with E-state index in [1.54, 1.807) is 0 Å². The number of nitrogens with zero attached hydrogens (tertiary/aromatic N) is 2. The van der Waals surface area contributed by atoms with Crippen molar-refractivity contribution >= 4 is 47.0 Å². The molecule has 0 fully saturated rings. The van der Waals surface area contributed by atoms with Crippen LogP contribution in [0.4, 0.5) is 0 Å². The van der Waals surface area contributed by atoms with Crippen LogP contribution >= 0.6 is 9.39 Å². The maximum atomic E-state index is 4.25. The molecule has 0 aliphatic rings. The van der Waals surface area contributed by atoms with E-state index < -0.39 is 0 Å². The van der Waals surface area contributed by atoms with Gasteiger partial charge in [-0.1, -0.05) is 5.46 Å². The Morgan fingerprint density at radius 3 is 2.92 bits per heavy atom. The Hall–Kier alpha value is -0.750. The summed E-state index contributed by atoms with van der Waals surface area (Å²) in [4.78, 5) is 4.25. The Bertz CT molecular complexity index is 438. The minimum absolute atomic E-state index is 1.07. The highest BCUT2D eigenvalue weighted by atomic mass is 31.0. The molecule has 58 valence electrons. The van der Waals surface area contributed by atoms with E-state index in [-0.39, 0.29) is 0 Å². The van der Waals surface area contributed by atoms with E-state index >= 15 is 0 Å². The molecule has 1 atom stereocenters. The van der Waals surface area contributed by atoms with Crippen molar-refractivity contribution in [3.8, 4) is 0 Å². The van der Waals surface area contributed by atoms with Crippen LogP contribution in [0.5, 0.6) is 0 Å². The Kier molecular flexibility index (Phi) is 1.73. The van der Waals surface area contributed by atoms with E-state index in [0.717, 1.165) is 5.59 Å². The summed E-state index contributed by atoms with van der Waals surface area (Å²) in [6.45, 7) is 0. The van der Waals surface area contributed by atoms with E-state index in [1.165, 1.54) is 16.4 Å². The first kappa shape index (κ1) is 7.88. The summed E-state index contributed by atoms with van der Waals surface area (Å²) in [5.41, 5.74) is 3.54. The lowest BCUT2D eigenvalue weighted by atomic mass is 9.94. The summed E-state index contributed by atoms with van der Waals surface area (Å²) in [5.74, 6) is 0. The molecular formula is C7H9B2N2P. The normalized spacial score (nSPS) is 10.8. The number of hydrogen-bond acceptors (Lipinski definition) is 1. The van der Waals surface area contributed by atoms with Crippen LogP contribution in [-0.2, 0) is 0 Å². The highest BCUT2D eigenvalue weighted by molar-refractivity contribution is 7.15. The molecule has 2 aromatic heterocycles. The Morgan fingerprint density at radius 1 is 1.42 bits per heavy atom. The monoisotopic (exact) mass is 174 g/mol. The predicted octanol–water partition coefficient (Wildman–Crippen LogP) is -1.81. The maximum Gasteiger partial charge on any atom is 0.163 e. The van der Waals surface area contributed by atoms with Gasteiger partial charge in [0, 0.05) is 6.20 Å². The highest BCUT2D eigenvalue weighted by Gasteiger charge is 2.02. The molecule has 5 heteroatoms. The van der Waals surface area contributed by atoms with Gasteiger partial charge in [-0.25, -0.2) is 0 Å². The van der Waals surface area contributed by atoms with Crippen LogP contribution in [0.15, 0.2) is 18.5 Å². The minimum Gasteiger partial charge on any atom is -0.331 e. The first-order chi connectivity index (χ1) is 5.68. The van der Waals surface area contributed by atoms with E-state index in [9.17, 15) is 0 Å². The Morgan fingerprint density at radius 2 is 2.17 bits per heavy atom. The first-order valence-electron chi connectivity index (χ1n) is 3.88. The number of rotatable bonds is 0. The summed E-state index contributed by atoms with van der Waals surface area (Å²) < 4.78 is 2.02. The second-order valence-electron chi connectivity index (χ2n) is 3.06. The van der Waals surface area contributed by atoms with Crippen molar-refractivity contribution in [2.24, 2.45) is 0 Å².